The zero-order valence-corrected chi connectivity index (χ0v) is 16.2. The van der Waals surface area contributed by atoms with E-state index in [1.54, 1.807) is 40.9 Å². The summed E-state index contributed by atoms with van der Waals surface area (Å²) in [6.07, 6.45) is 3.13. The molecule has 5 nitrogen and oxygen atoms in total. The predicted molar refractivity (Wildman–Crippen MR) is 104 cm³/mol. The van der Waals surface area contributed by atoms with Crippen LogP contribution in [0.1, 0.15) is 29.6 Å². The van der Waals surface area contributed by atoms with Crippen LogP contribution in [0.15, 0.2) is 24.3 Å². The van der Waals surface area contributed by atoms with Gasteiger partial charge in [-0.15, -0.1) is 24.2 Å². The molecule has 138 valence electrons. The highest BCUT2D eigenvalue weighted by atomic mass is 35.5. The van der Waals surface area contributed by atoms with Crippen molar-refractivity contribution >= 4 is 47.6 Å². The number of nitrogens with zero attached hydrogens (tertiary/aromatic N) is 1. The Hall–Kier alpha value is -0.950. The summed E-state index contributed by atoms with van der Waals surface area (Å²) in [6, 6.07) is 6.50. The zero-order valence-electron chi connectivity index (χ0n) is 13.8. The molecule has 3 N–H and O–H groups in total. The van der Waals surface area contributed by atoms with Gasteiger partial charge in [-0.25, -0.2) is 0 Å². The molecular formula is C17H23Cl2N3O2S. The highest BCUT2D eigenvalue weighted by molar-refractivity contribution is 7.99. The van der Waals surface area contributed by atoms with Crippen LogP contribution >= 0.6 is 35.8 Å². The van der Waals surface area contributed by atoms with Crippen LogP contribution in [0, 0.1) is 5.92 Å². The second-order valence-corrected chi connectivity index (χ2v) is 7.78. The highest BCUT2D eigenvalue weighted by Crippen LogP contribution is 2.27. The normalized spacial score (nSPS) is 25.5. The van der Waals surface area contributed by atoms with Gasteiger partial charge in [0.2, 0.25) is 5.91 Å². The molecule has 3 atom stereocenters. The van der Waals surface area contributed by atoms with Gasteiger partial charge in [0.25, 0.3) is 5.91 Å². The molecule has 25 heavy (non-hydrogen) atoms. The van der Waals surface area contributed by atoms with Crippen LogP contribution in [-0.4, -0.2) is 47.0 Å². The van der Waals surface area contributed by atoms with E-state index in [0.717, 1.165) is 19.3 Å². The fourth-order valence-electron chi connectivity index (χ4n) is 3.41. The number of amides is 2. The molecule has 8 heteroatoms. The average Bonchev–Trinajstić information content (AvgIpc) is 3.23. The van der Waals surface area contributed by atoms with Crippen LogP contribution in [0.3, 0.4) is 0 Å². The second kappa shape index (κ2) is 9.12. The fraction of sp³-hybridized carbons (Fsp3) is 0.529. The lowest BCUT2D eigenvalue weighted by molar-refractivity contribution is -0.125. The molecule has 3 unspecified atom stereocenters. The van der Waals surface area contributed by atoms with Gasteiger partial charge in [0, 0.05) is 22.4 Å². The lowest BCUT2D eigenvalue weighted by Crippen LogP contribution is -2.51. The molecule has 1 aromatic carbocycles. The molecule has 2 amide bonds. The summed E-state index contributed by atoms with van der Waals surface area (Å²) in [5, 5.41) is 3.71. The summed E-state index contributed by atoms with van der Waals surface area (Å²) in [7, 11) is 0. The predicted octanol–water partition coefficient (Wildman–Crippen LogP) is 2.52. The van der Waals surface area contributed by atoms with Crippen molar-refractivity contribution in [1.82, 2.24) is 10.2 Å². The lowest BCUT2D eigenvalue weighted by atomic mass is 10.0. The van der Waals surface area contributed by atoms with Crippen molar-refractivity contribution in [3.05, 3.63) is 34.9 Å². The number of nitrogens with one attached hydrogen (secondary N) is 1. The molecule has 1 aliphatic heterocycles. The number of halogens is 2. The molecule has 1 saturated heterocycles. The minimum atomic E-state index is -0.419. The van der Waals surface area contributed by atoms with E-state index in [2.05, 4.69) is 5.32 Å². The van der Waals surface area contributed by atoms with Gasteiger partial charge in [-0.3, -0.25) is 9.59 Å². The lowest BCUT2D eigenvalue weighted by Gasteiger charge is -2.26. The molecule has 0 radical (unpaired) electrons. The van der Waals surface area contributed by atoms with E-state index in [-0.39, 0.29) is 30.3 Å². The number of thioether (sulfide) groups is 1. The summed E-state index contributed by atoms with van der Waals surface area (Å²) in [6.45, 7) is 0.595. The third kappa shape index (κ3) is 4.61. The third-order valence-corrected chi connectivity index (χ3v) is 6.09. The number of benzene rings is 1. The third-order valence-electron chi connectivity index (χ3n) is 4.83. The standard InChI is InChI=1S/C17H22ClN3O2S.ClH/c18-13-6-4-11(5-7-13)17(23)21-10-24-9-15(21)16(22)20-14-3-1-2-12(14)8-19;/h4-7,12,14-15H,1-3,8-10,19H2,(H,20,22);1H. The van der Waals surface area contributed by atoms with E-state index in [1.807, 2.05) is 0 Å². The molecular weight excluding hydrogens is 381 g/mol. The molecule has 2 fully saturated rings. The maximum Gasteiger partial charge on any atom is 0.255 e. The SMILES string of the molecule is Cl.NCC1CCCC1NC(=O)C1CSCN1C(=O)c1ccc(Cl)cc1. The molecule has 1 aliphatic carbocycles. The molecule has 1 heterocycles. The van der Waals surface area contributed by atoms with Crippen LogP contribution in [0.5, 0.6) is 0 Å². The maximum absolute atomic E-state index is 12.7. The van der Waals surface area contributed by atoms with E-state index >= 15 is 0 Å². The van der Waals surface area contributed by atoms with E-state index in [0.29, 0.717) is 34.7 Å². The average molecular weight is 404 g/mol. The van der Waals surface area contributed by atoms with Gasteiger partial charge < -0.3 is 16.0 Å². The van der Waals surface area contributed by atoms with Gasteiger partial charge in [0.05, 0.1) is 5.88 Å². The first-order chi connectivity index (χ1) is 11.6. The van der Waals surface area contributed by atoms with Crippen LogP contribution in [0.2, 0.25) is 5.02 Å². The van der Waals surface area contributed by atoms with Crippen molar-refractivity contribution in [2.75, 3.05) is 18.2 Å². The van der Waals surface area contributed by atoms with Crippen LogP contribution in [0.25, 0.3) is 0 Å². The zero-order chi connectivity index (χ0) is 17.1. The smallest absolute Gasteiger partial charge is 0.255 e. The number of carbonyl (C=O) groups excluding carboxylic acids is 2. The number of carbonyl (C=O) groups is 2. The summed E-state index contributed by atoms with van der Waals surface area (Å²) < 4.78 is 0. The Morgan fingerprint density at radius 2 is 2.00 bits per heavy atom. The topological polar surface area (TPSA) is 75.4 Å². The molecule has 2 aliphatic rings. The Morgan fingerprint density at radius 1 is 1.28 bits per heavy atom. The Balaban J connectivity index is 0.00000225. The van der Waals surface area contributed by atoms with Gasteiger partial charge in [-0.1, -0.05) is 18.0 Å². The van der Waals surface area contributed by atoms with Crippen molar-refractivity contribution in [2.24, 2.45) is 11.7 Å². The number of nitrogens with two attached hydrogens (primary N) is 1. The minimum Gasteiger partial charge on any atom is -0.351 e. The molecule has 3 rings (SSSR count). The van der Waals surface area contributed by atoms with Crippen molar-refractivity contribution < 1.29 is 9.59 Å². The van der Waals surface area contributed by atoms with Crippen molar-refractivity contribution in [1.29, 1.82) is 0 Å². The van der Waals surface area contributed by atoms with Crippen molar-refractivity contribution in [3.63, 3.8) is 0 Å². The minimum absolute atomic E-state index is 0. The summed E-state index contributed by atoms with van der Waals surface area (Å²) in [5.74, 6) is 1.32. The van der Waals surface area contributed by atoms with E-state index in [1.165, 1.54) is 0 Å². The van der Waals surface area contributed by atoms with Crippen LogP contribution < -0.4 is 11.1 Å². The first-order valence-corrected chi connectivity index (χ1v) is 9.78. The first-order valence-electron chi connectivity index (χ1n) is 8.25. The number of hydrogen-bond acceptors (Lipinski definition) is 4. The fourth-order valence-corrected chi connectivity index (χ4v) is 4.69. The molecule has 0 bridgehead atoms. The molecule has 1 aromatic rings. The summed E-state index contributed by atoms with van der Waals surface area (Å²) in [4.78, 5) is 27.0. The Kier molecular flexibility index (Phi) is 7.43. The van der Waals surface area contributed by atoms with E-state index < -0.39 is 6.04 Å². The van der Waals surface area contributed by atoms with Crippen molar-refractivity contribution in [2.45, 2.75) is 31.3 Å². The molecule has 1 saturated carbocycles. The Morgan fingerprint density at radius 3 is 2.68 bits per heavy atom. The second-order valence-electron chi connectivity index (χ2n) is 6.34. The summed E-state index contributed by atoms with van der Waals surface area (Å²) >= 11 is 7.48. The number of rotatable bonds is 4. The first kappa shape index (κ1) is 20.4. The van der Waals surface area contributed by atoms with Crippen LogP contribution in [-0.2, 0) is 4.79 Å². The Labute approximate surface area is 163 Å². The summed E-state index contributed by atoms with van der Waals surface area (Å²) in [5.41, 5.74) is 6.34. The molecule has 0 aromatic heterocycles. The van der Waals surface area contributed by atoms with Gasteiger partial charge in [-0.2, -0.15) is 0 Å². The number of hydrogen-bond donors (Lipinski definition) is 2. The monoisotopic (exact) mass is 403 g/mol. The van der Waals surface area contributed by atoms with Gasteiger partial charge in [0.1, 0.15) is 6.04 Å². The van der Waals surface area contributed by atoms with Gasteiger partial charge in [-0.05, 0) is 49.6 Å². The van der Waals surface area contributed by atoms with Crippen molar-refractivity contribution in [3.8, 4) is 0 Å². The maximum atomic E-state index is 12.7. The molecule has 0 spiro atoms. The highest BCUT2D eigenvalue weighted by Gasteiger charge is 2.37. The largest absolute Gasteiger partial charge is 0.351 e. The van der Waals surface area contributed by atoms with Crippen LogP contribution in [0.4, 0.5) is 0 Å². The van der Waals surface area contributed by atoms with Gasteiger partial charge >= 0.3 is 0 Å². The van der Waals surface area contributed by atoms with E-state index in [4.69, 9.17) is 17.3 Å². The van der Waals surface area contributed by atoms with Gasteiger partial charge in [0.15, 0.2) is 0 Å². The quantitative estimate of drug-likeness (QED) is 0.809. The Bertz CT molecular complexity index is 614. The van der Waals surface area contributed by atoms with E-state index in [9.17, 15) is 9.59 Å².